The molecule has 0 bridgehead atoms. The van der Waals surface area contributed by atoms with Gasteiger partial charge in [-0.3, -0.25) is 9.36 Å². The molecule has 3 aromatic rings. The number of aryl methyl sites for hydroxylation is 1. The molecule has 0 saturated heterocycles. The maximum Gasteiger partial charge on any atom is 0.343 e. The quantitative estimate of drug-likeness (QED) is 0.525. The van der Waals surface area contributed by atoms with E-state index in [1.165, 1.54) is 22.2 Å². The van der Waals surface area contributed by atoms with Crippen molar-refractivity contribution in [3.8, 4) is 5.13 Å². The number of nitrogens with zero attached hydrogens (tertiary/aromatic N) is 3. The van der Waals surface area contributed by atoms with Gasteiger partial charge in [0.1, 0.15) is 10.7 Å². The van der Waals surface area contributed by atoms with E-state index in [2.05, 4.69) is 9.97 Å². The van der Waals surface area contributed by atoms with Crippen LogP contribution in [-0.4, -0.2) is 27.1 Å². The van der Waals surface area contributed by atoms with Crippen molar-refractivity contribution in [2.75, 3.05) is 6.61 Å². The second kappa shape index (κ2) is 6.29. The van der Waals surface area contributed by atoms with Crippen molar-refractivity contribution in [2.24, 2.45) is 0 Å². The smallest absolute Gasteiger partial charge is 0.343 e. The van der Waals surface area contributed by atoms with E-state index in [-0.39, 0.29) is 33.5 Å². The zero-order chi connectivity index (χ0) is 17.4. The number of pyridine rings is 2. The van der Waals surface area contributed by atoms with Gasteiger partial charge in [0.15, 0.2) is 10.8 Å². The Balaban J connectivity index is 2.42. The molecular formula is C15H11ClFN3O3S. The monoisotopic (exact) mass is 367 g/mol. The zero-order valence-corrected chi connectivity index (χ0v) is 14.2. The van der Waals surface area contributed by atoms with Gasteiger partial charge < -0.3 is 4.74 Å². The number of rotatable bonds is 3. The van der Waals surface area contributed by atoms with Gasteiger partial charge in [-0.1, -0.05) is 11.6 Å². The van der Waals surface area contributed by atoms with Crippen LogP contribution >= 0.6 is 22.9 Å². The van der Waals surface area contributed by atoms with Crippen molar-refractivity contribution in [2.45, 2.75) is 13.8 Å². The molecule has 0 N–H and O–H groups in total. The summed E-state index contributed by atoms with van der Waals surface area (Å²) in [6, 6.07) is 1.52. The van der Waals surface area contributed by atoms with Crippen LogP contribution in [0.4, 0.5) is 4.39 Å². The van der Waals surface area contributed by atoms with Gasteiger partial charge in [-0.15, -0.1) is 11.3 Å². The molecule has 3 heterocycles. The molecule has 0 aliphatic rings. The number of carbonyl (C=O) groups excluding carboxylic acids is 1. The van der Waals surface area contributed by atoms with E-state index in [0.29, 0.717) is 5.56 Å². The summed E-state index contributed by atoms with van der Waals surface area (Å²) in [6.45, 7) is 3.44. The van der Waals surface area contributed by atoms with Crippen molar-refractivity contribution in [1.29, 1.82) is 0 Å². The van der Waals surface area contributed by atoms with Gasteiger partial charge in [0, 0.05) is 11.6 Å². The summed E-state index contributed by atoms with van der Waals surface area (Å²) in [6.07, 6.45) is 1.25. The average molecular weight is 368 g/mol. The number of aromatic nitrogens is 3. The highest BCUT2D eigenvalue weighted by molar-refractivity contribution is 7.12. The number of hydrogen-bond acceptors (Lipinski definition) is 6. The van der Waals surface area contributed by atoms with Crippen LogP contribution in [0.2, 0.25) is 5.15 Å². The van der Waals surface area contributed by atoms with E-state index in [1.807, 2.05) is 0 Å². The van der Waals surface area contributed by atoms with Crippen LogP contribution in [0.3, 0.4) is 0 Å². The predicted molar refractivity (Wildman–Crippen MR) is 88.7 cm³/mol. The molecule has 3 aromatic heterocycles. The topological polar surface area (TPSA) is 74.1 Å². The Morgan fingerprint density at radius 3 is 2.83 bits per heavy atom. The van der Waals surface area contributed by atoms with Gasteiger partial charge in [-0.05, 0) is 25.5 Å². The molecule has 0 saturated carbocycles. The lowest BCUT2D eigenvalue weighted by molar-refractivity contribution is 0.0524. The second-order valence-corrected chi connectivity index (χ2v) is 6.10. The molecule has 0 aliphatic carbocycles. The molecule has 6 nitrogen and oxygen atoms in total. The summed E-state index contributed by atoms with van der Waals surface area (Å²) in [7, 11) is 0. The Labute approximate surface area is 144 Å². The number of hydrogen-bond donors (Lipinski definition) is 0. The minimum Gasteiger partial charge on any atom is -0.462 e. The minimum absolute atomic E-state index is 0.125. The molecule has 0 aromatic carbocycles. The first-order valence-electron chi connectivity index (χ1n) is 6.93. The van der Waals surface area contributed by atoms with E-state index in [0.717, 1.165) is 11.3 Å². The number of fused-ring (bicyclic) bond motifs is 1. The van der Waals surface area contributed by atoms with E-state index in [4.69, 9.17) is 16.3 Å². The summed E-state index contributed by atoms with van der Waals surface area (Å²) in [4.78, 5) is 32.7. The molecule has 0 fully saturated rings. The Morgan fingerprint density at radius 1 is 1.46 bits per heavy atom. The average Bonchev–Trinajstić information content (AvgIpc) is 2.93. The van der Waals surface area contributed by atoms with Crippen molar-refractivity contribution < 1.29 is 13.9 Å². The van der Waals surface area contributed by atoms with Crippen LogP contribution in [-0.2, 0) is 4.74 Å². The fourth-order valence-electron chi connectivity index (χ4n) is 2.31. The Morgan fingerprint density at radius 2 is 2.21 bits per heavy atom. The standard InChI is InChI=1S/C15H11ClFN3O3S/c1-3-23-14(22)8-5-20(15-19-10(17)6-24-15)13-11(12(8)21)7(2)4-9(16)18-13/h4-6H,3H2,1-2H3. The van der Waals surface area contributed by atoms with Crippen LogP contribution in [0.5, 0.6) is 0 Å². The van der Waals surface area contributed by atoms with E-state index in [1.54, 1.807) is 13.8 Å². The van der Waals surface area contributed by atoms with E-state index < -0.39 is 17.3 Å². The maximum absolute atomic E-state index is 13.3. The van der Waals surface area contributed by atoms with Crippen molar-refractivity contribution in [1.82, 2.24) is 14.5 Å². The number of halogens is 2. The lowest BCUT2D eigenvalue weighted by Gasteiger charge is -2.11. The molecule has 0 amide bonds. The highest BCUT2D eigenvalue weighted by atomic mass is 35.5. The van der Waals surface area contributed by atoms with Gasteiger partial charge >= 0.3 is 5.97 Å². The summed E-state index contributed by atoms with van der Waals surface area (Å²) >= 11 is 6.99. The molecule has 0 unspecified atom stereocenters. The number of esters is 1. The third kappa shape index (κ3) is 2.78. The van der Waals surface area contributed by atoms with Gasteiger partial charge in [0.2, 0.25) is 11.4 Å². The molecule has 9 heteroatoms. The van der Waals surface area contributed by atoms with Gasteiger partial charge in [-0.25, -0.2) is 9.78 Å². The first-order chi connectivity index (χ1) is 11.4. The fraction of sp³-hybridized carbons (Fsp3) is 0.200. The zero-order valence-electron chi connectivity index (χ0n) is 12.7. The molecule has 0 spiro atoms. The molecule has 0 aliphatic heterocycles. The summed E-state index contributed by atoms with van der Waals surface area (Å²) in [5, 5.41) is 1.81. The number of ether oxygens (including phenoxy) is 1. The third-order valence-corrected chi connectivity index (χ3v) is 4.29. The Kier molecular flexibility index (Phi) is 4.33. The van der Waals surface area contributed by atoms with Gasteiger partial charge in [0.05, 0.1) is 12.0 Å². The van der Waals surface area contributed by atoms with Crippen LogP contribution in [0.25, 0.3) is 16.2 Å². The fourth-order valence-corrected chi connectivity index (χ4v) is 3.20. The summed E-state index contributed by atoms with van der Waals surface area (Å²) < 4.78 is 19.6. The van der Waals surface area contributed by atoms with Crippen molar-refractivity contribution >= 4 is 39.9 Å². The van der Waals surface area contributed by atoms with Crippen LogP contribution < -0.4 is 5.43 Å². The SMILES string of the molecule is CCOC(=O)c1cn(-c2nc(F)cs2)c2nc(Cl)cc(C)c2c1=O. The number of carbonyl (C=O) groups is 1. The first-order valence-corrected chi connectivity index (χ1v) is 8.19. The van der Waals surface area contributed by atoms with E-state index in [9.17, 15) is 14.0 Å². The summed E-state index contributed by atoms with van der Waals surface area (Å²) in [5.74, 6) is -1.43. The maximum atomic E-state index is 13.3. The third-order valence-electron chi connectivity index (χ3n) is 3.29. The molecule has 3 rings (SSSR count). The molecule has 124 valence electrons. The van der Waals surface area contributed by atoms with E-state index >= 15 is 0 Å². The van der Waals surface area contributed by atoms with Crippen LogP contribution in [0.15, 0.2) is 22.4 Å². The lowest BCUT2D eigenvalue weighted by atomic mass is 10.1. The Hall–Kier alpha value is -2.32. The molecule has 0 radical (unpaired) electrons. The second-order valence-electron chi connectivity index (χ2n) is 4.88. The highest BCUT2D eigenvalue weighted by Crippen LogP contribution is 2.23. The Bertz CT molecular complexity index is 1020. The van der Waals surface area contributed by atoms with Gasteiger partial charge in [-0.2, -0.15) is 9.37 Å². The van der Waals surface area contributed by atoms with Crippen LogP contribution in [0.1, 0.15) is 22.8 Å². The molecule has 0 atom stereocenters. The normalized spacial score (nSPS) is 11.0. The van der Waals surface area contributed by atoms with Crippen molar-refractivity contribution in [3.05, 3.63) is 50.1 Å². The molecule has 24 heavy (non-hydrogen) atoms. The minimum atomic E-state index is -0.760. The predicted octanol–water partition coefficient (Wildman–Crippen LogP) is 3.12. The lowest BCUT2D eigenvalue weighted by Crippen LogP contribution is -2.21. The number of thiazole rings is 1. The van der Waals surface area contributed by atoms with Crippen molar-refractivity contribution in [3.63, 3.8) is 0 Å². The van der Waals surface area contributed by atoms with Crippen LogP contribution in [0, 0.1) is 12.9 Å². The largest absolute Gasteiger partial charge is 0.462 e. The van der Waals surface area contributed by atoms with Gasteiger partial charge in [0.25, 0.3) is 0 Å². The summed E-state index contributed by atoms with van der Waals surface area (Å²) in [5.41, 5.74) is 0.0601. The molecular weight excluding hydrogens is 357 g/mol. The highest BCUT2D eigenvalue weighted by Gasteiger charge is 2.21. The first kappa shape index (κ1) is 16.5.